The molecule has 0 spiro atoms. The molecule has 1 N–H and O–H groups in total. The van der Waals surface area contributed by atoms with Crippen molar-refractivity contribution in [3.05, 3.63) is 79.9 Å². The lowest BCUT2D eigenvalue weighted by atomic mass is 9.97. The molecular formula is C25H19ClF3N3O2S2. The Balaban J connectivity index is 1.47. The van der Waals surface area contributed by atoms with Gasteiger partial charge in [-0.1, -0.05) is 41.6 Å². The minimum Gasteiger partial charge on any atom is -0.324 e. The molecule has 5 rings (SSSR count). The van der Waals surface area contributed by atoms with Crippen molar-refractivity contribution < 1.29 is 18.0 Å². The number of aromatic nitrogens is 2. The van der Waals surface area contributed by atoms with Crippen molar-refractivity contribution in [2.24, 2.45) is 0 Å². The first kappa shape index (κ1) is 24.9. The van der Waals surface area contributed by atoms with Crippen LogP contribution < -0.4 is 10.9 Å². The molecular weight excluding hydrogens is 531 g/mol. The zero-order chi connectivity index (χ0) is 25.4. The number of thiophene rings is 1. The third-order valence-electron chi connectivity index (χ3n) is 5.87. The van der Waals surface area contributed by atoms with Gasteiger partial charge in [0.2, 0.25) is 5.91 Å². The third-order valence-corrected chi connectivity index (χ3v) is 8.33. The highest BCUT2D eigenvalue weighted by Crippen LogP contribution is 2.36. The normalized spacial score (nSPS) is 13.6. The molecule has 4 aromatic rings. The Hall–Kier alpha value is -2.82. The summed E-state index contributed by atoms with van der Waals surface area (Å²) in [6.45, 7) is 0. The van der Waals surface area contributed by atoms with Crippen molar-refractivity contribution >= 4 is 56.5 Å². The Morgan fingerprint density at radius 2 is 1.89 bits per heavy atom. The van der Waals surface area contributed by atoms with Gasteiger partial charge in [-0.2, -0.15) is 13.2 Å². The van der Waals surface area contributed by atoms with E-state index in [1.165, 1.54) is 20.8 Å². The minimum absolute atomic E-state index is 0.00810. The summed E-state index contributed by atoms with van der Waals surface area (Å²) in [6, 6.07) is 11.8. The van der Waals surface area contributed by atoms with E-state index in [4.69, 9.17) is 16.6 Å². The summed E-state index contributed by atoms with van der Waals surface area (Å²) in [4.78, 5) is 32.9. The van der Waals surface area contributed by atoms with Gasteiger partial charge in [-0.25, -0.2) is 4.98 Å². The van der Waals surface area contributed by atoms with Crippen LogP contribution in [0.3, 0.4) is 0 Å². The number of fused-ring (bicyclic) bond motifs is 3. The zero-order valence-corrected chi connectivity index (χ0v) is 21.1. The maximum absolute atomic E-state index is 13.7. The van der Waals surface area contributed by atoms with Gasteiger partial charge in [0.05, 0.1) is 33.1 Å². The van der Waals surface area contributed by atoms with E-state index in [0.29, 0.717) is 21.1 Å². The van der Waals surface area contributed by atoms with E-state index >= 15 is 0 Å². The summed E-state index contributed by atoms with van der Waals surface area (Å²) >= 11 is 8.56. The Morgan fingerprint density at radius 3 is 2.64 bits per heavy atom. The lowest BCUT2D eigenvalue weighted by Crippen LogP contribution is -2.23. The van der Waals surface area contributed by atoms with Gasteiger partial charge in [0, 0.05) is 4.88 Å². The predicted octanol–water partition coefficient (Wildman–Crippen LogP) is 6.73. The number of anilines is 1. The van der Waals surface area contributed by atoms with E-state index in [1.807, 2.05) is 18.2 Å². The number of halogens is 4. The van der Waals surface area contributed by atoms with Crippen molar-refractivity contribution in [1.82, 2.24) is 9.55 Å². The number of thioether (sulfide) groups is 1. The Bertz CT molecular complexity index is 1520. The van der Waals surface area contributed by atoms with Crippen LogP contribution in [0.15, 0.2) is 58.5 Å². The second-order valence-corrected chi connectivity index (χ2v) is 10.7. The van der Waals surface area contributed by atoms with E-state index in [9.17, 15) is 22.8 Å². The number of alkyl halides is 3. The summed E-state index contributed by atoms with van der Waals surface area (Å²) < 4.78 is 40.7. The third kappa shape index (κ3) is 4.89. The number of benzene rings is 2. The van der Waals surface area contributed by atoms with Crippen LogP contribution in [0.2, 0.25) is 5.02 Å². The van der Waals surface area contributed by atoms with Crippen LogP contribution >= 0.6 is 34.7 Å². The summed E-state index contributed by atoms with van der Waals surface area (Å²) in [6.07, 6.45) is -0.702. The predicted molar refractivity (Wildman–Crippen MR) is 138 cm³/mol. The molecule has 186 valence electrons. The molecule has 0 saturated carbocycles. The van der Waals surface area contributed by atoms with E-state index in [0.717, 1.165) is 61.2 Å². The fourth-order valence-corrected chi connectivity index (χ4v) is 6.48. The molecule has 1 amide bonds. The maximum Gasteiger partial charge on any atom is 0.416 e. The number of rotatable bonds is 5. The summed E-state index contributed by atoms with van der Waals surface area (Å²) in [7, 11) is 0. The van der Waals surface area contributed by atoms with Gasteiger partial charge in [-0.15, -0.1) is 11.3 Å². The maximum atomic E-state index is 13.7. The van der Waals surface area contributed by atoms with Crippen LogP contribution in [0.5, 0.6) is 0 Å². The van der Waals surface area contributed by atoms with Gasteiger partial charge in [-0.05, 0) is 61.6 Å². The average molecular weight is 550 g/mol. The van der Waals surface area contributed by atoms with Crippen molar-refractivity contribution in [3.63, 3.8) is 0 Å². The van der Waals surface area contributed by atoms with Gasteiger partial charge in [0.25, 0.3) is 5.56 Å². The van der Waals surface area contributed by atoms with E-state index in [-0.39, 0.29) is 22.0 Å². The van der Waals surface area contributed by atoms with Crippen molar-refractivity contribution in [2.75, 3.05) is 11.1 Å². The number of aryl methyl sites for hydroxylation is 2. The molecule has 0 aliphatic heterocycles. The molecule has 0 unspecified atom stereocenters. The number of nitrogens with zero attached hydrogens (tertiary/aromatic N) is 2. The van der Waals surface area contributed by atoms with Crippen molar-refractivity contribution in [3.8, 4) is 5.69 Å². The summed E-state index contributed by atoms with van der Waals surface area (Å²) in [5, 5.41) is 3.39. The van der Waals surface area contributed by atoms with Crippen LogP contribution in [0.1, 0.15) is 28.8 Å². The largest absolute Gasteiger partial charge is 0.416 e. The molecule has 0 saturated heterocycles. The smallest absolute Gasteiger partial charge is 0.324 e. The van der Waals surface area contributed by atoms with Gasteiger partial charge in [0.1, 0.15) is 4.83 Å². The zero-order valence-electron chi connectivity index (χ0n) is 18.7. The number of para-hydroxylation sites is 1. The molecule has 0 fully saturated rings. The number of hydrogen-bond acceptors (Lipinski definition) is 5. The summed E-state index contributed by atoms with van der Waals surface area (Å²) in [5.74, 6) is -0.747. The first-order valence-electron chi connectivity index (χ1n) is 11.1. The second-order valence-electron chi connectivity index (χ2n) is 8.29. The molecule has 0 radical (unpaired) electrons. The SMILES string of the molecule is O=C(CSc1nc2sc3c(c2c(=O)n1-c1ccccc1)CCCC3)Nc1cc(C(F)(F)F)ccc1Cl. The Labute approximate surface area is 217 Å². The van der Waals surface area contributed by atoms with Crippen molar-refractivity contribution in [2.45, 2.75) is 37.0 Å². The molecule has 36 heavy (non-hydrogen) atoms. The molecule has 0 bridgehead atoms. The van der Waals surface area contributed by atoms with Crippen LogP contribution in [-0.2, 0) is 23.8 Å². The van der Waals surface area contributed by atoms with Gasteiger partial charge < -0.3 is 5.32 Å². The number of nitrogens with one attached hydrogen (secondary N) is 1. The molecule has 11 heteroatoms. The highest BCUT2D eigenvalue weighted by atomic mass is 35.5. The van der Waals surface area contributed by atoms with Gasteiger partial charge in [0.15, 0.2) is 5.16 Å². The van der Waals surface area contributed by atoms with Gasteiger partial charge >= 0.3 is 6.18 Å². The standard InChI is InChI=1S/C25H19ClF3N3O2S2/c26-17-11-10-14(25(27,28)29)12-18(17)30-20(33)13-35-24-31-22-21(16-8-4-5-9-19(16)36-22)23(34)32(24)15-6-2-1-3-7-15/h1-3,6-7,10-12H,4-5,8-9,13H2,(H,30,33). The van der Waals surface area contributed by atoms with Crippen LogP contribution in [0, 0.1) is 0 Å². The number of carbonyl (C=O) groups is 1. The highest BCUT2D eigenvalue weighted by molar-refractivity contribution is 7.99. The first-order chi connectivity index (χ1) is 17.2. The molecule has 2 aromatic heterocycles. The number of amides is 1. The number of carbonyl (C=O) groups excluding carboxylic acids is 1. The van der Waals surface area contributed by atoms with E-state index < -0.39 is 17.6 Å². The van der Waals surface area contributed by atoms with Crippen LogP contribution in [-0.4, -0.2) is 21.2 Å². The van der Waals surface area contributed by atoms with Crippen LogP contribution in [0.25, 0.3) is 15.9 Å². The lowest BCUT2D eigenvalue weighted by molar-refractivity contribution is -0.137. The lowest BCUT2D eigenvalue weighted by Gasteiger charge is -2.14. The second kappa shape index (κ2) is 9.91. The Morgan fingerprint density at radius 1 is 1.14 bits per heavy atom. The topological polar surface area (TPSA) is 64.0 Å². The fraction of sp³-hybridized carbons (Fsp3) is 0.240. The molecule has 5 nitrogen and oxygen atoms in total. The van der Waals surface area contributed by atoms with Gasteiger partial charge in [-0.3, -0.25) is 14.2 Å². The average Bonchev–Trinajstić information content (AvgIpc) is 3.22. The molecule has 1 aliphatic rings. The Kier molecular flexibility index (Phi) is 6.84. The first-order valence-corrected chi connectivity index (χ1v) is 13.3. The molecule has 1 aliphatic carbocycles. The highest BCUT2D eigenvalue weighted by Gasteiger charge is 2.31. The van der Waals surface area contributed by atoms with Crippen LogP contribution in [0.4, 0.5) is 18.9 Å². The number of hydrogen-bond donors (Lipinski definition) is 1. The molecule has 0 atom stereocenters. The molecule has 2 aromatic carbocycles. The fourth-order valence-electron chi connectivity index (χ4n) is 4.20. The van der Waals surface area contributed by atoms with E-state index in [2.05, 4.69) is 5.32 Å². The molecule has 2 heterocycles. The minimum atomic E-state index is -4.57. The quantitative estimate of drug-likeness (QED) is 0.221. The summed E-state index contributed by atoms with van der Waals surface area (Å²) in [5.41, 5.74) is 0.455. The monoisotopic (exact) mass is 549 g/mol. The van der Waals surface area contributed by atoms with Crippen molar-refractivity contribution in [1.29, 1.82) is 0 Å². The van der Waals surface area contributed by atoms with E-state index in [1.54, 1.807) is 12.1 Å².